The zero-order chi connectivity index (χ0) is 22.7. The molecule has 0 spiro atoms. The molecule has 32 heavy (non-hydrogen) atoms. The normalized spacial score (nSPS) is 45.4. The molecule has 6 rings (SSSR count). The van der Waals surface area contributed by atoms with Gasteiger partial charge in [-0.3, -0.25) is 4.79 Å². The van der Waals surface area contributed by atoms with Crippen molar-refractivity contribution in [3.05, 3.63) is 0 Å². The molecule has 180 valence electrons. The minimum atomic E-state index is -0.872. The molecule has 2 N–H and O–H groups in total. The van der Waals surface area contributed by atoms with Crippen LogP contribution in [0.1, 0.15) is 72.1 Å². The molecule has 7 heteroatoms. The van der Waals surface area contributed by atoms with E-state index in [9.17, 15) is 4.79 Å². The maximum Gasteiger partial charge on any atom is 0.457 e. The molecule has 6 nitrogen and oxygen atoms in total. The van der Waals surface area contributed by atoms with Gasteiger partial charge in [0.15, 0.2) is 0 Å². The zero-order valence-electron chi connectivity index (χ0n) is 20.6. The van der Waals surface area contributed by atoms with Gasteiger partial charge in [-0.2, -0.15) is 0 Å². The highest BCUT2D eigenvalue weighted by molar-refractivity contribution is 6.45. The molecule has 0 aromatic heterocycles. The molecule has 2 saturated heterocycles. The van der Waals surface area contributed by atoms with Crippen molar-refractivity contribution < 1.29 is 18.8 Å². The van der Waals surface area contributed by atoms with Crippen LogP contribution in [0.4, 0.5) is 0 Å². The van der Waals surface area contributed by atoms with Crippen LogP contribution < -0.4 is 5.73 Å². The lowest BCUT2D eigenvalue weighted by molar-refractivity contribution is -0.199. The molecule has 6 aliphatic rings. The Morgan fingerprint density at radius 3 is 2.62 bits per heavy atom. The minimum Gasteiger partial charge on any atom is -0.468 e. The number of likely N-dealkylation sites (tertiary alicyclic amines) is 1. The number of nitrogens with zero attached hydrogens (tertiary/aromatic N) is 1. The number of nitrogens with two attached hydrogens (primary N) is 1. The lowest BCUT2D eigenvalue weighted by Gasteiger charge is -2.64. The lowest BCUT2D eigenvalue weighted by Crippen LogP contribution is -2.65. The van der Waals surface area contributed by atoms with E-state index in [4.69, 9.17) is 19.8 Å². The van der Waals surface area contributed by atoms with E-state index in [0.29, 0.717) is 23.7 Å². The average molecular weight is 446 g/mol. The summed E-state index contributed by atoms with van der Waals surface area (Å²) in [5.41, 5.74) is 6.18. The van der Waals surface area contributed by atoms with Gasteiger partial charge in [-0.05, 0) is 94.4 Å². The van der Waals surface area contributed by atoms with Gasteiger partial charge in [0.05, 0.1) is 18.8 Å². The summed E-state index contributed by atoms with van der Waals surface area (Å²) in [5, 5.41) is 0. The second-order valence-corrected chi connectivity index (χ2v) is 12.4. The van der Waals surface area contributed by atoms with Crippen LogP contribution in [0.5, 0.6) is 0 Å². The first-order valence-corrected chi connectivity index (χ1v) is 13.1. The van der Waals surface area contributed by atoms with Gasteiger partial charge in [0.25, 0.3) is 0 Å². The van der Waals surface area contributed by atoms with Crippen LogP contribution in [0.2, 0.25) is 6.32 Å². The smallest absolute Gasteiger partial charge is 0.457 e. The first kappa shape index (κ1) is 23.1. The van der Waals surface area contributed by atoms with Crippen molar-refractivity contribution in [2.75, 3.05) is 26.7 Å². The number of esters is 1. The highest BCUT2D eigenvalue weighted by Gasteiger charge is 2.67. The van der Waals surface area contributed by atoms with E-state index >= 15 is 0 Å². The lowest BCUT2D eigenvalue weighted by atomic mass is 9.43. The molecule has 6 fully saturated rings. The van der Waals surface area contributed by atoms with Crippen molar-refractivity contribution in [1.29, 1.82) is 0 Å². The highest BCUT2D eigenvalue weighted by Crippen LogP contribution is 2.65. The zero-order valence-corrected chi connectivity index (χ0v) is 20.6. The Morgan fingerprint density at radius 2 is 1.94 bits per heavy atom. The van der Waals surface area contributed by atoms with Crippen LogP contribution >= 0.6 is 0 Å². The Labute approximate surface area is 194 Å². The molecule has 2 bridgehead atoms. The Balaban J connectivity index is 1.18. The maximum absolute atomic E-state index is 12.8. The van der Waals surface area contributed by atoms with E-state index in [2.05, 4.69) is 25.7 Å². The number of methoxy groups -OCH3 is 1. The van der Waals surface area contributed by atoms with E-state index in [-0.39, 0.29) is 30.7 Å². The first-order chi connectivity index (χ1) is 15.2. The van der Waals surface area contributed by atoms with E-state index in [1.165, 1.54) is 26.4 Å². The van der Waals surface area contributed by atoms with Gasteiger partial charge in [0.2, 0.25) is 0 Å². The van der Waals surface area contributed by atoms with Crippen LogP contribution in [0.3, 0.4) is 0 Å². The predicted octanol–water partition coefficient (Wildman–Crippen LogP) is 3.49. The fourth-order valence-electron chi connectivity index (χ4n) is 8.11. The Morgan fingerprint density at radius 1 is 1.19 bits per heavy atom. The summed E-state index contributed by atoms with van der Waals surface area (Å²) >= 11 is 0. The Hall–Kier alpha value is -0.625. The van der Waals surface area contributed by atoms with Crippen molar-refractivity contribution >= 4 is 13.1 Å². The van der Waals surface area contributed by atoms with Crippen LogP contribution in [0, 0.1) is 29.1 Å². The van der Waals surface area contributed by atoms with E-state index in [1.807, 2.05) is 0 Å². The molecule has 0 aromatic rings. The highest BCUT2D eigenvalue weighted by atomic mass is 16.7. The van der Waals surface area contributed by atoms with Gasteiger partial charge in [-0.15, -0.1) is 0 Å². The number of ether oxygens (including phenoxy) is 1. The third-order valence-corrected chi connectivity index (χ3v) is 10.3. The average Bonchev–Trinajstić information content (AvgIpc) is 3.39. The molecule has 2 aliphatic heterocycles. The number of carbonyl (C=O) groups is 1. The fraction of sp³-hybridized carbons (Fsp3) is 0.960. The van der Waals surface area contributed by atoms with Crippen LogP contribution in [0.25, 0.3) is 0 Å². The summed E-state index contributed by atoms with van der Waals surface area (Å²) in [5.74, 6) is 1.73. The number of carbonyl (C=O) groups excluding carboxylic acids is 1. The van der Waals surface area contributed by atoms with Crippen molar-refractivity contribution in [3.63, 3.8) is 0 Å². The second-order valence-electron chi connectivity index (χ2n) is 12.4. The maximum atomic E-state index is 12.8. The fourth-order valence-corrected chi connectivity index (χ4v) is 8.11. The van der Waals surface area contributed by atoms with Gasteiger partial charge in [-0.1, -0.05) is 20.3 Å². The molecule has 2 heterocycles. The van der Waals surface area contributed by atoms with Gasteiger partial charge in [0.1, 0.15) is 5.54 Å². The largest absolute Gasteiger partial charge is 0.468 e. The monoisotopic (exact) mass is 446 g/mol. The molecule has 7 atom stereocenters. The minimum absolute atomic E-state index is 0.118. The summed E-state index contributed by atoms with van der Waals surface area (Å²) in [4.78, 5) is 15.3. The molecule has 4 saturated carbocycles. The van der Waals surface area contributed by atoms with Crippen molar-refractivity contribution in [2.45, 2.75) is 95.7 Å². The number of hydrogen-bond acceptors (Lipinski definition) is 6. The third-order valence-electron chi connectivity index (χ3n) is 10.3. The molecule has 4 aliphatic carbocycles. The number of hydrogen-bond donors (Lipinski definition) is 1. The number of rotatable bonds is 6. The first-order valence-electron chi connectivity index (χ1n) is 13.1. The summed E-state index contributed by atoms with van der Waals surface area (Å²) in [6, 6.07) is 0. The molecular weight excluding hydrogens is 403 g/mol. The summed E-state index contributed by atoms with van der Waals surface area (Å²) in [7, 11) is 1.36. The molecule has 1 unspecified atom stereocenters. The van der Waals surface area contributed by atoms with Crippen molar-refractivity contribution in [3.8, 4) is 0 Å². The SMILES string of the molecule is COC(=O)[C@@]1(N)C[C@H](CCB2O[C@H]3C[C@H]4C[C@H](C4(C)C)[C@@]3(C)O2)CCC1CN1CCCC1. The van der Waals surface area contributed by atoms with Crippen molar-refractivity contribution in [2.24, 2.45) is 34.8 Å². The topological polar surface area (TPSA) is 74.0 Å². The molecule has 0 aromatic carbocycles. The van der Waals surface area contributed by atoms with Crippen LogP contribution in [0.15, 0.2) is 0 Å². The molecule has 0 amide bonds. The molecule has 0 radical (unpaired) electrons. The van der Waals surface area contributed by atoms with Gasteiger partial charge >= 0.3 is 13.1 Å². The Bertz CT molecular complexity index is 729. The Kier molecular flexibility index (Phi) is 5.96. The van der Waals surface area contributed by atoms with Gasteiger partial charge in [-0.25, -0.2) is 0 Å². The summed E-state index contributed by atoms with van der Waals surface area (Å²) < 4.78 is 18.2. The van der Waals surface area contributed by atoms with Crippen LogP contribution in [-0.4, -0.2) is 62.0 Å². The standard InChI is InChI=1S/C25H43BN2O4/c1-23(2)19-13-20(23)24(3)21(14-19)31-26(32-24)10-9-17-7-8-18(16-28-11-5-6-12-28)25(27,15-17)22(29)30-4/h17-21H,5-16,27H2,1-4H3/t17-,18?,19+,20+,21-,24+,25+/m0/s1. The summed E-state index contributed by atoms with van der Waals surface area (Å²) in [6.45, 7) is 10.3. The second kappa shape index (κ2) is 8.25. The quantitative estimate of drug-likeness (QED) is 0.498. The van der Waals surface area contributed by atoms with E-state index in [1.54, 1.807) is 0 Å². The van der Waals surface area contributed by atoms with Gasteiger partial charge < -0.3 is 24.7 Å². The molecular formula is C25H43BN2O4. The van der Waals surface area contributed by atoms with E-state index < -0.39 is 5.54 Å². The summed E-state index contributed by atoms with van der Waals surface area (Å²) in [6.07, 6.45) is 9.89. The van der Waals surface area contributed by atoms with Crippen molar-refractivity contribution in [1.82, 2.24) is 4.90 Å². The predicted molar refractivity (Wildman–Crippen MR) is 125 cm³/mol. The third kappa shape index (κ3) is 3.66. The van der Waals surface area contributed by atoms with E-state index in [0.717, 1.165) is 57.6 Å². The van der Waals surface area contributed by atoms with Crippen LogP contribution in [-0.2, 0) is 18.8 Å². The van der Waals surface area contributed by atoms with Gasteiger partial charge in [0, 0.05) is 12.5 Å².